The molecule has 0 atom stereocenters. The highest BCUT2D eigenvalue weighted by Crippen LogP contribution is 2.22. The normalized spacial score (nSPS) is 11.2. The van der Waals surface area contributed by atoms with E-state index in [-0.39, 0.29) is 30.2 Å². The quantitative estimate of drug-likeness (QED) is 0.668. The minimum Gasteiger partial charge on any atom is -0.466 e. The second-order valence-electron chi connectivity index (χ2n) is 3.63. The molecule has 0 spiro atoms. The fourth-order valence-corrected chi connectivity index (χ4v) is 1.67. The van der Waals surface area contributed by atoms with E-state index in [0.29, 0.717) is 0 Å². The molecule has 0 saturated heterocycles. The fraction of sp³-hybridized carbons (Fsp3) is 0.455. The van der Waals surface area contributed by atoms with Crippen LogP contribution >= 0.6 is 11.6 Å². The van der Waals surface area contributed by atoms with Gasteiger partial charge in [0.25, 0.3) is 5.56 Å². The number of carbonyl (C=O) groups is 1. The molecular weight excluding hydrogens is 303 g/mol. The first-order chi connectivity index (χ1) is 9.26. The molecule has 1 aromatic heterocycles. The van der Waals surface area contributed by atoms with Crippen molar-refractivity contribution in [2.45, 2.75) is 25.6 Å². The lowest BCUT2D eigenvalue weighted by atomic mass is 10.1. The fourth-order valence-electron chi connectivity index (χ4n) is 1.43. The van der Waals surface area contributed by atoms with Crippen LogP contribution in [-0.2, 0) is 21.8 Å². The number of hydrogen-bond donors (Lipinski definition) is 1. The molecule has 0 radical (unpaired) electrons. The van der Waals surface area contributed by atoms with Crippen LogP contribution in [-0.4, -0.2) is 23.9 Å². The van der Waals surface area contributed by atoms with Crippen molar-refractivity contribution in [1.82, 2.24) is 4.98 Å². The highest BCUT2D eigenvalue weighted by molar-refractivity contribution is 6.17. The summed E-state index contributed by atoms with van der Waals surface area (Å²) in [4.78, 5) is 24.9. The first kappa shape index (κ1) is 16.4. The van der Waals surface area contributed by atoms with E-state index in [4.69, 9.17) is 11.6 Å². The molecule has 0 aromatic carbocycles. The Hall–Kier alpha value is -1.70. The molecule has 112 valence electrons. The van der Waals surface area contributed by atoms with Gasteiger partial charge in [0, 0.05) is 5.69 Å². The van der Waals surface area contributed by atoms with Gasteiger partial charge in [0.1, 0.15) is 0 Å². The van der Waals surface area contributed by atoms with Gasteiger partial charge in [-0.15, -0.1) is 24.8 Å². The molecule has 9 heteroatoms. The van der Waals surface area contributed by atoms with Gasteiger partial charge in [0.2, 0.25) is 0 Å². The van der Waals surface area contributed by atoms with E-state index < -0.39 is 23.6 Å². The number of aromatic amines is 1. The third-order valence-corrected chi connectivity index (χ3v) is 2.45. The van der Waals surface area contributed by atoms with Gasteiger partial charge in [-0.25, -0.2) is 0 Å². The van der Waals surface area contributed by atoms with Crippen molar-refractivity contribution < 1.29 is 27.4 Å². The molecule has 0 unspecified atom stereocenters. The molecule has 1 rings (SSSR count). The molecule has 0 aliphatic carbocycles. The third-order valence-electron chi connectivity index (χ3n) is 2.18. The van der Waals surface area contributed by atoms with Crippen LogP contribution in [0.4, 0.5) is 13.2 Å². The Labute approximate surface area is 116 Å². The van der Waals surface area contributed by atoms with Gasteiger partial charge in [0.15, 0.2) is 5.75 Å². The number of esters is 1. The molecule has 1 aromatic rings. The van der Waals surface area contributed by atoms with Gasteiger partial charge in [-0.3, -0.25) is 9.59 Å². The van der Waals surface area contributed by atoms with Crippen molar-refractivity contribution in [2.75, 3.05) is 6.61 Å². The number of pyridine rings is 1. The lowest BCUT2D eigenvalue weighted by Crippen LogP contribution is -2.24. The topological polar surface area (TPSA) is 68.4 Å². The van der Waals surface area contributed by atoms with Crippen molar-refractivity contribution in [3.05, 3.63) is 27.7 Å². The Bertz CT molecular complexity index is 541. The van der Waals surface area contributed by atoms with Crippen LogP contribution in [0.1, 0.15) is 18.2 Å². The van der Waals surface area contributed by atoms with Gasteiger partial charge in [-0.1, -0.05) is 0 Å². The lowest BCUT2D eigenvalue weighted by Gasteiger charge is -2.11. The summed E-state index contributed by atoms with van der Waals surface area (Å²) < 4.78 is 44.6. The van der Waals surface area contributed by atoms with Crippen molar-refractivity contribution in [1.29, 1.82) is 0 Å². The van der Waals surface area contributed by atoms with Crippen LogP contribution in [0.15, 0.2) is 10.9 Å². The number of H-pyrrole nitrogens is 1. The predicted octanol–water partition coefficient (Wildman–Crippen LogP) is 2.12. The van der Waals surface area contributed by atoms with Crippen molar-refractivity contribution >= 4 is 17.6 Å². The summed E-state index contributed by atoms with van der Waals surface area (Å²) in [6, 6.07) is 0.834. The van der Waals surface area contributed by atoms with Crippen molar-refractivity contribution in [3.63, 3.8) is 0 Å². The Balaban J connectivity index is 3.11. The largest absolute Gasteiger partial charge is 0.573 e. The van der Waals surface area contributed by atoms with Gasteiger partial charge in [0.05, 0.1) is 18.9 Å². The van der Waals surface area contributed by atoms with E-state index in [9.17, 15) is 22.8 Å². The Morgan fingerprint density at radius 1 is 1.45 bits per heavy atom. The van der Waals surface area contributed by atoms with E-state index in [1.165, 1.54) is 0 Å². The molecule has 0 aliphatic heterocycles. The summed E-state index contributed by atoms with van der Waals surface area (Å²) in [5.74, 6) is -1.77. The first-order valence-electron chi connectivity index (χ1n) is 5.49. The standard InChI is InChI=1S/C11H11ClF3NO4/c1-2-19-9(17)4-6-3-8(20-11(13,14)15)10(18)16-7(6)5-12/h3H,2,4-5H2,1H3,(H,16,18). The maximum atomic E-state index is 12.1. The summed E-state index contributed by atoms with van der Waals surface area (Å²) in [5.41, 5.74) is -0.831. The molecule has 0 fully saturated rings. The average molecular weight is 314 g/mol. The summed E-state index contributed by atoms with van der Waals surface area (Å²) in [5, 5.41) is 0. The van der Waals surface area contributed by atoms with E-state index in [2.05, 4.69) is 14.5 Å². The molecule has 0 bridgehead atoms. The number of alkyl halides is 4. The van der Waals surface area contributed by atoms with Crippen LogP contribution < -0.4 is 10.3 Å². The van der Waals surface area contributed by atoms with E-state index in [1.54, 1.807) is 6.92 Å². The number of rotatable bonds is 5. The molecule has 5 nitrogen and oxygen atoms in total. The van der Waals surface area contributed by atoms with E-state index in [0.717, 1.165) is 6.07 Å². The smallest absolute Gasteiger partial charge is 0.466 e. The zero-order chi connectivity index (χ0) is 15.3. The highest BCUT2D eigenvalue weighted by atomic mass is 35.5. The Kier molecular flexibility index (Phi) is 5.43. The molecule has 0 aliphatic rings. The SMILES string of the molecule is CCOC(=O)Cc1cc(OC(F)(F)F)c(=O)[nH]c1CCl. The second-order valence-corrected chi connectivity index (χ2v) is 3.90. The van der Waals surface area contributed by atoms with Gasteiger partial charge < -0.3 is 14.5 Å². The highest BCUT2D eigenvalue weighted by Gasteiger charge is 2.32. The molecule has 0 amide bonds. The zero-order valence-corrected chi connectivity index (χ0v) is 11.1. The maximum Gasteiger partial charge on any atom is 0.573 e. The average Bonchev–Trinajstić information content (AvgIpc) is 2.31. The number of halogens is 4. The zero-order valence-electron chi connectivity index (χ0n) is 10.3. The summed E-state index contributed by atoms with van der Waals surface area (Å²) in [7, 11) is 0. The summed E-state index contributed by atoms with van der Waals surface area (Å²) in [6.45, 7) is 1.72. The summed E-state index contributed by atoms with van der Waals surface area (Å²) in [6.07, 6.45) is -5.32. The number of ether oxygens (including phenoxy) is 2. The van der Waals surface area contributed by atoms with Crippen LogP contribution in [0.25, 0.3) is 0 Å². The van der Waals surface area contributed by atoms with Crippen molar-refractivity contribution in [3.8, 4) is 5.75 Å². The predicted molar refractivity (Wildman–Crippen MR) is 63.6 cm³/mol. The molecule has 0 saturated carbocycles. The number of carbonyl (C=O) groups excluding carboxylic acids is 1. The monoisotopic (exact) mass is 313 g/mol. The Morgan fingerprint density at radius 2 is 2.10 bits per heavy atom. The van der Waals surface area contributed by atoms with Gasteiger partial charge in [-0.05, 0) is 18.6 Å². The Morgan fingerprint density at radius 3 is 2.60 bits per heavy atom. The minimum absolute atomic E-state index is 0.109. The van der Waals surface area contributed by atoms with E-state index in [1.807, 2.05) is 0 Å². The molecule has 1 heterocycles. The number of hydrogen-bond acceptors (Lipinski definition) is 4. The molecular formula is C11H11ClF3NO4. The maximum absolute atomic E-state index is 12.1. The van der Waals surface area contributed by atoms with Crippen LogP contribution in [0, 0.1) is 0 Å². The van der Waals surface area contributed by atoms with Crippen LogP contribution in [0.5, 0.6) is 5.75 Å². The van der Waals surface area contributed by atoms with E-state index >= 15 is 0 Å². The third kappa shape index (κ3) is 4.76. The second kappa shape index (κ2) is 6.65. The minimum atomic E-state index is -5.00. The molecule has 20 heavy (non-hydrogen) atoms. The summed E-state index contributed by atoms with van der Waals surface area (Å²) >= 11 is 5.56. The van der Waals surface area contributed by atoms with Crippen LogP contribution in [0.3, 0.4) is 0 Å². The van der Waals surface area contributed by atoms with Gasteiger partial charge >= 0.3 is 12.3 Å². The lowest BCUT2D eigenvalue weighted by molar-refractivity contribution is -0.275. The van der Waals surface area contributed by atoms with Gasteiger partial charge in [-0.2, -0.15) is 0 Å². The van der Waals surface area contributed by atoms with Crippen LogP contribution in [0.2, 0.25) is 0 Å². The van der Waals surface area contributed by atoms with Crippen molar-refractivity contribution in [2.24, 2.45) is 0 Å². The molecule has 1 N–H and O–H groups in total. The number of aromatic nitrogens is 1. The number of nitrogens with one attached hydrogen (secondary N) is 1. The first-order valence-corrected chi connectivity index (χ1v) is 6.02.